The van der Waals surface area contributed by atoms with Crippen LogP contribution in [0.2, 0.25) is 0 Å². The fraction of sp³-hybridized carbons (Fsp3) is 0.417. The Labute approximate surface area is 94.2 Å². The fourth-order valence-electron chi connectivity index (χ4n) is 1.38. The molecular weight excluding hydrogens is 206 g/mol. The first-order valence-electron chi connectivity index (χ1n) is 5.40. The van der Waals surface area contributed by atoms with Gasteiger partial charge in [0.2, 0.25) is 0 Å². The van der Waals surface area contributed by atoms with Gasteiger partial charge in [-0.15, -0.1) is 0 Å². The second-order valence-corrected chi connectivity index (χ2v) is 3.94. The van der Waals surface area contributed by atoms with Crippen molar-refractivity contribution in [3.63, 3.8) is 0 Å². The van der Waals surface area contributed by atoms with Gasteiger partial charge in [-0.05, 0) is 30.5 Å². The van der Waals surface area contributed by atoms with Crippen molar-refractivity contribution in [2.45, 2.75) is 25.5 Å². The van der Waals surface area contributed by atoms with Crippen LogP contribution in [-0.2, 0) is 11.4 Å². The quantitative estimate of drug-likeness (QED) is 0.774. The summed E-state index contributed by atoms with van der Waals surface area (Å²) in [6.45, 7) is 0.0108. The Hall–Kier alpha value is -1.55. The van der Waals surface area contributed by atoms with Crippen molar-refractivity contribution in [2.24, 2.45) is 0 Å². The van der Waals surface area contributed by atoms with Crippen molar-refractivity contribution in [3.8, 4) is 5.75 Å². The molecule has 1 aromatic rings. The highest BCUT2D eigenvalue weighted by Gasteiger charge is 2.23. The monoisotopic (exact) mass is 221 g/mol. The lowest BCUT2D eigenvalue weighted by molar-refractivity contribution is -0.123. The number of nitrogens with one attached hydrogen (secondary N) is 1. The second kappa shape index (κ2) is 4.99. The molecule has 0 heterocycles. The summed E-state index contributed by atoms with van der Waals surface area (Å²) in [4.78, 5) is 11.3. The predicted octanol–water partition coefficient (Wildman–Crippen LogP) is 0.836. The summed E-state index contributed by atoms with van der Waals surface area (Å²) >= 11 is 0. The molecular formula is C12H15NO3. The molecule has 0 bridgehead atoms. The van der Waals surface area contributed by atoms with E-state index in [1.165, 1.54) is 0 Å². The van der Waals surface area contributed by atoms with Gasteiger partial charge in [0.1, 0.15) is 5.75 Å². The third kappa shape index (κ3) is 3.24. The van der Waals surface area contributed by atoms with Gasteiger partial charge in [-0.25, -0.2) is 0 Å². The van der Waals surface area contributed by atoms with Crippen LogP contribution in [0.4, 0.5) is 0 Å². The van der Waals surface area contributed by atoms with E-state index < -0.39 is 0 Å². The fourth-order valence-corrected chi connectivity index (χ4v) is 1.38. The van der Waals surface area contributed by atoms with Crippen molar-refractivity contribution in [3.05, 3.63) is 29.8 Å². The smallest absolute Gasteiger partial charge is 0.258 e. The lowest BCUT2D eigenvalue weighted by atomic mass is 10.2. The van der Waals surface area contributed by atoms with E-state index in [1.807, 2.05) is 0 Å². The van der Waals surface area contributed by atoms with Gasteiger partial charge in [0.15, 0.2) is 6.61 Å². The number of aliphatic hydroxyl groups is 1. The van der Waals surface area contributed by atoms with Gasteiger partial charge in [0, 0.05) is 6.04 Å². The largest absolute Gasteiger partial charge is 0.484 e. The molecule has 0 aromatic heterocycles. The Bertz CT molecular complexity index is 374. The Morgan fingerprint density at radius 3 is 3.00 bits per heavy atom. The molecule has 2 rings (SSSR count). The molecule has 86 valence electrons. The van der Waals surface area contributed by atoms with Gasteiger partial charge < -0.3 is 15.2 Å². The topological polar surface area (TPSA) is 58.6 Å². The van der Waals surface area contributed by atoms with Crippen LogP contribution in [0.1, 0.15) is 18.4 Å². The highest BCUT2D eigenvalue weighted by molar-refractivity contribution is 5.78. The molecule has 1 aromatic carbocycles. The first-order valence-corrected chi connectivity index (χ1v) is 5.40. The number of rotatable bonds is 5. The normalized spacial score (nSPS) is 14.6. The Balaban J connectivity index is 1.80. The maximum atomic E-state index is 11.3. The highest BCUT2D eigenvalue weighted by Crippen LogP contribution is 2.18. The van der Waals surface area contributed by atoms with E-state index in [4.69, 9.17) is 9.84 Å². The van der Waals surface area contributed by atoms with Crippen LogP contribution in [0.25, 0.3) is 0 Å². The standard InChI is InChI=1S/C12H15NO3/c14-7-9-2-1-3-11(6-9)16-8-12(15)13-10-4-5-10/h1-3,6,10,14H,4-5,7-8H2,(H,13,15). The van der Waals surface area contributed by atoms with Gasteiger partial charge in [0.25, 0.3) is 5.91 Å². The zero-order chi connectivity index (χ0) is 11.4. The first-order chi connectivity index (χ1) is 7.78. The van der Waals surface area contributed by atoms with Crippen LogP contribution in [0.3, 0.4) is 0 Å². The van der Waals surface area contributed by atoms with Crippen molar-refractivity contribution in [2.75, 3.05) is 6.61 Å². The molecule has 0 unspecified atom stereocenters. The van der Waals surface area contributed by atoms with Crippen LogP contribution in [-0.4, -0.2) is 23.7 Å². The number of carbonyl (C=O) groups excluding carboxylic acids is 1. The maximum Gasteiger partial charge on any atom is 0.258 e. The van der Waals surface area contributed by atoms with Gasteiger partial charge in [-0.2, -0.15) is 0 Å². The molecule has 1 saturated carbocycles. The maximum absolute atomic E-state index is 11.3. The van der Waals surface area contributed by atoms with Crippen molar-refractivity contribution in [1.29, 1.82) is 0 Å². The van der Waals surface area contributed by atoms with E-state index in [0.29, 0.717) is 11.8 Å². The van der Waals surface area contributed by atoms with Crippen molar-refractivity contribution < 1.29 is 14.6 Å². The number of hydrogen-bond donors (Lipinski definition) is 2. The molecule has 1 aliphatic rings. The summed E-state index contributed by atoms with van der Waals surface area (Å²) < 4.78 is 5.32. The summed E-state index contributed by atoms with van der Waals surface area (Å²) in [5.41, 5.74) is 0.778. The summed E-state index contributed by atoms with van der Waals surface area (Å²) in [6, 6.07) is 7.45. The molecule has 1 amide bonds. The SMILES string of the molecule is O=C(COc1cccc(CO)c1)NC1CC1. The Kier molecular flexibility index (Phi) is 3.41. The van der Waals surface area contributed by atoms with Gasteiger partial charge in [-0.1, -0.05) is 12.1 Å². The Morgan fingerprint density at radius 1 is 1.50 bits per heavy atom. The third-order valence-electron chi connectivity index (χ3n) is 2.39. The summed E-state index contributed by atoms with van der Waals surface area (Å²) in [6.07, 6.45) is 2.15. The summed E-state index contributed by atoms with van der Waals surface area (Å²) in [7, 11) is 0. The highest BCUT2D eigenvalue weighted by atomic mass is 16.5. The van der Waals surface area contributed by atoms with E-state index in [9.17, 15) is 4.79 Å². The Morgan fingerprint density at radius 2 is 2.31 bits per heavy atom. The number of benzene rings is 1. The van der Waals surface area contributed by atoms with E-state index in [2.05, 4.69) is 5.32 Å². The van der Waals surface area contributed by atoms with E-state index in [-0.39, 0.29) is 19.1 Å². The van der Waals surface area contributed by atoms with Crippen LogP contribution in [0.5, 0.6) is 5.75 Å². The number of aliphatic hydroxyl groups excluding tert-OH is 1. The van der Waals surface area contributed by atoms with E-state index in [1.54, 1.807) is 24.3 Å². The number of ether oxygens (including phenoxy) is 1. The third-order valence-corrected chi connectivity index (χ3v) is 2.39. The van der Waals surface area contributed by atoms with Crippen LogP contribution >= 0.6 is 0 Å². The lowest BCUT2D eigenvalue weighted by Gasteiger charge is -2.07. The lowest BCUT2D eigenvalue weighted by Crippen LogP contribution is -2.30. The molecule has 1 fully saturated rings. The molecule has 0 aliphatic heterocycles. The minimum Gasteiger partial charge on any atom is -0.484 e. The average molecular weight is 221 g/mol. The summed E-state index contributed by atoms with van der Waals surface area (Å²) in [5.74, 6) is 0.523. The first kappa shape index (κ1) is 11.0. The minimum atomic E-state index is -0.0862. The summed E-state index contributed by atoms with van der Waals surface area (Å²) in [5, 5.41) is 11.8. The van der Waals surface area contributed by atoms with Crippen molar-refractivity contribution >= 4 is 5.91 Å². The average Bonchev–Trinajstić information content (AvgIpc) is 3.10. The number of hydrogen-bond acceptors (Lipinski definition) is 3. The van der Waals surface area contributed by atoms with Gasteiger partial charge in [-0.3, -0.25) is 4.79 Å². The molecule has 16 heavy (non-hydrogen) atoms. The van der Waals surface area contributed by atoms with Crippen LogP contribution < -0.4 is 10.1 Å². The molecule has 0 radical (unpaired) electrons. The number of carbonyl (C=O) groups is 1. The van der Waals surface area contributed by atoms with Gasteiger partial charge >= 0.3 is 0 Å². The zero-order valence-corrected chi connectivity index (χ0v) is 8.98. The molecule has 0 atom stereocenters. The zero-order valence-electron chi connectivity index (χ0n) is 8.98. The molecule has 4 nitrogen and oxygen atoms in total. The molecule has 0 saturated heterocycles. The number of amides is 1. The minimum absolute atomic E-state index is 0.0224. The molecule has 2 N–H and O–H groups in total. The van der Waals surface area contributed by atoms with Crippen LogP contribution in [0, 0.1) is 0 Å². The molecule has 1 aliphatic carbocycles. The van der Waals surface area contributed by atoms with Crippen LogP contribution in [0.15, 0.2) is 24.3 Å². The van der Waals surface area contributed by atoms with Crippen molar-refractivity contribution in [1.82, 2.24) is 5.32 Å². The predicted molar refractivity (Wildman–Crippen MR) is 59.0 cm³/mol. The van der Waals surface area contributed by atoms with E-state index in [0.717, 1.165) is 18.4 Å². The second-order valence-electron chi connectivity index (χ2n) is 3.94. The van der Waals surface area contributed by atoms with Gasteiger partial charge in [0.05, 0.1) is 6.61 Å². The molecule has 4 heteroatoms. The van der Waals surface area contributed by atoms with E-state index >= 15 is 0 Å². The molecule has 0 spiro atoms.